The zero-order valence-electron chi connectivity index (χ0n) is 3.93. The van der Waals surface area contributed by atoms with E-state index in [1.807, 2.05) is 0 Å². The summed E-state index contributed by atoms with van der Waals surface area (Å²) in [5, 5.41) is -0.361. The Kier molecular flexibility index (Phi) is 9.80. The van der Waals surface area contributed by atoms with Gasteiger partial charge in [-0.05, 0) is 11.6 Å². The maximum absolute atomic E-state index is 9.21. The summed E-state index contributed by atoms with van der Waals surface area (Å²) in [4.78, 5) is 9.21. The van der Waals surface area contributed by atoms with Crippen molar-refractivity contribution in [2.24, 2.45) is 0 Å². The first-order valence-corrected chi connectivity index (χ1v) is 2.70. The number of hydrogen-bond donors (Lipinski definition) is 1. The highest BCUT2D eigenvalue weighted by Gasteiger charge is 1.79. The molecule has 0 unspecified atom stereocenters. The zero-order valence-corrected chi connectivity index (χ0v) is 5.44. The monoisotopic (exact) mass is 162 g/mol. The van der Waals surface area contributed by atoms with Crippen LogP contribution < -0.4 is 9.32 Å². The minimum absolute atomic E-state index is 0.361. The van der Waals surface area contributed by atoms with Crippen molar-refractivity contribution in [3.63, 3.8) is 0 Å². The van der Waals surface area contributed by atoms with Crippen molar-refractivity contribution in [3.05, 3.63) is 0 Å². The van der Waals surface area contributed by atoms with Gasteiger partial charge < -0.3 is 9.32 Å². The molecule has 1 N–H and O–H groups in total. The van der Waals surface area contributed by atoms with Gasteiger partial charge in [-0.1, -0.05) is 0 Å². The Morgan fingerprint density at radius 1 is 1.75 bits per heavy atom. The molecule has 0 atom stereocenters. The standard InChI is InChI=1S/C2H3ClO.ClHO3/c1-2(3)4;2-1(3)4/h1H3;2H. The van der Waals surface area contributed by atoms with Gasteiger partial charge in [0.25, 0.3) is 10.8 Å². The predicted octanol–water partition coefficient (Wildman–Crippen LogP) is -2.16. The first kappa shape index (κ1) is 11.0. The second-order valence-electron chi connectivity index (χ2n) is 0.671. The SMILES string of the molecule is CC(=O)Cl.[O-][Cl+2]([O-])O. The minimum atomic E-state index is -2.60. The molecule has 0 saturated heterocycles. The van der Waals surface area contributed by atoms with Gasteiger partial charge in [-0.25, -0.2) is 0 Å². The molecule has 0 radical (unpaired) electrons. The van der Waals surface area contributed by atoms with Gasteiger partial charge in [0.05, 0.1) is 0 Å². The van der Waals surface area contributed by atoms with Crippen LogP contribution in [0.25, 0.3) is 0 Å². The number of carbonyl (C=O) groups excluding carboxylic acids is 1. The molecular formula is C2H4Cl2O4. The third-order valence-electron chi connectivity index (χ3n) is 0. The van der Waals surface area contributed by atoms with Crippen LogP contribution in [0.15, 0.2) is 0 Å². The summed E-state index contributed by atoms with van der Waals surface area (Å²) in [6, 6.07) is 0. The van der Waals surface area contributed by atoms with Crippen molar-refractivity contribution >= 4 is 16.8 Å². The van der Waals surface area contributed by atoms with Crippen molar-refractivity contribution in [1.29, 1.82) is 0 Å². The van der Waals surface area contributed by atoms with Crippen molar-refractivity contribution in [1.82, 2.24) is 0 Å². The van der Waals surface area contributed by atoms with E-state index in [9.17, 15) is 4.79 Å². The van der Waals surface area contributed by atoms with Gasteiger partial charge in [0.15, 0.2) is 0 Å². The maximum atomic E-state index is 9.21. The first-order valence-electron chi connectivity index (χ1n) is 1.37. The second kappa shape index (κ2) is 7.13. The van der Waals surface area contributed by atoms with Crippen LogP contribution in [0.2, 0.25) is 0 Å². The number of hydrogen-bond acceptors (Lipinski definition) is 4. The minimum Gasteiger partial charge on any atom is -0.321 e. The molecule has 0 saturated carbocycles. The topological polar surface area (TPSA) is 83.4 Å². The summed E-state index contributed by atoms with van der Waals surface area (Å²) >= 11 is 4.64. The molecule has 4 nitrogen and oxygen atoms in total. The molecule has 0 fully saturated rings. The van der Waals surface area contributed by atoms with E-state index in [4.69, 9.17) is 14.0 Å². The van der Waals surface area contributed by atoms with E-state index in [1.54, 1.807) is 0 Å². The molecular weight excluding hydrogens is 159 g/mol. The Bertz CT molecular complexity index is 56.3. The Hall–Kier alpha value is 0.130. The Labute approximate surface area is 54.1 Å². The molecule has 0 amide bonds. The van der Waals surface area contributed by atoms with E-state index in [2.05, 4.69) is 11.6 Å². The summed E-state index contributed by atoms with van der Waals surface area (Å²) in [5.41, 5.74) is 0. The number of halogens is 2. The highest BCUT2D eigenvalue weighted by Crippen LogP contribution is 1.67. The lowest BCUT2D eigenvalue weighted by molar-refractivity contribution is -1.63. The molecule has 0 spiro atoms. The highest BCUT2D eigenvalue weighted by atomic mass is 35.6. The molecule has 0 aliphatic heterocycles. The van der Waals surface area contributed by atoms with Crippen LogP contribution in [0.3, 0.4) is 0 Å². The van der Waals surface area contributed by atoms with Gasteiger partial charge in [-0.15, -0.1) is 0 Å². The fourth-order valence-electron chi connectivity index (χ4n) is 0. The van der Waals surface area contributed by atoms with Crippen LogP contribution in [-0.2, 0) is 4.79 Å². The summed E-state index contributed by atoms with van der Waals surface area (Å²) in [6.07, 6.45) is 0. The Balaban J connectivity index is 0. The van der Waals surface area contributed by atoms with Gasteiger partial charge >= 0.3 is 0 Å². The van der Waals surface area contributed by atoms with E-state index in [1.165, 1.54) is 6.92 Å². The average molecular weight is 163 g/mol. The molecule has 6 heteroatoms. The first-order chi connectivity index (χ1) is 3.46. The lowest BCUT2D eigenvalue weighted by Crippen LogP contribution is -2.30. The maximum Gasteiger partial charge on any atom is 0.282 e. The lowest BCUT2D eigenvalue weighted by Gasteiger charge is -1.72. The zero-order chi connectivity index (χ0) is 7.15. The molecule has 0 aliphatic rings. The van der Waals surface area contributed by atoms with Crippen LogP contribution in [0.1, 0.15) is 6.92 Å². The normalized spacial score (nSPS) is 7.75. The average Bonchev–Trinajstić information content (AvgIpc) is 1.25. The molecule has 50 valence electrons. The van der Waals surface area contributed by atoms with Crippen molar-refractivity contribution < 1.29 is 29.6 Å². The van der Waals surface area contributed by atoms with E-state index < -0.39 is 10.8 Å². The van der Waals surface area contributed by atoms with Crippen LogP contribution in [0, 0.1) is 10.8 Å². The molecule has 0 bridgehead atoms. The van der Waals surface area contributed by atoms with E-state index >= 15 is 0 Å². The van der Waals surface area contributed by atoms with Crippen LogP contribution in [-0.4, -0.2) is 9.90 Å². The summed E-state index contributed by atoms with van der Waals surface area (Å²) in [6.45, 7) is 1.29. The molecule has 0 aromatic rings. The Morgan fingerprint density at radius 2 is 1.75 bits per heavy atom. The smallest absolute Gasteiger partial charge is 0.282 e. The predicted molar refractivity (Wildman–Crippen MR) is 18.8 cm³/mol. The Morgan fingerprint density at radius 3 is 1.75 bits per heavy atom. The van der Waals surface area contributed by atoms with Crippen molar-refractivity contribution in [2.75, 3.05) is 0 Å². The van der Waals surface area contributed by atoms with E-state index in [-0.39, 0.29) is 5.24 Å². The quantitative estimate of drug-likeness (QED) is 0.412. The fourth-order valence-corrected chi connectivity index (χ4v) is 0. The molecule has 0 aromatic heterocycles. The van der Waals surface area contributed by atoms with Gasteiger partial charge in [-0.2, -0.15) is 0 Å². The summed E-state index contributed by atoms with van der Waals surface area (Å²) in [5.74, 6) is 0. The van der Waals surface area contributed by atoms with Gasteiger partial charge in [0.1, 0.15) is 0 Å². The second-order valence-corrected chi connectivity index (χ2v) is 1.61. The van der Waals surface area contributed by atoms with E-state index in [0.29, 0.717) is 0 Å². The van der Waals surface area contributed by atoms with Gasteiger partial charge in [0, 0.05) is 11.6 Å². The third-order valence-corrected chi connectivity index (χ3v) is 0. The summed E-state index contributed by atoms with van der Waals surface area (Å²) in [7, 11) is -2.60. The third kappa shape index (κ3) is 9550. The number of rotatable bonds is 0. The number of carbonyl (C=O) groups is 1. The molecule has 0 rings (SSSR count). The molecule has 0 heterocycles. The van der Waals surface area contributed by atoms with Crippen molar-refractivity contribution in [3.8, 4) is 0 Å². The molecule has 0 aromatic carbocycles. The molecule has 8 heavy (non-hydrogen) atoms. The van der Waals surface area contributed by atoms with Crippen molar-refractivity contribution in [2.45, 2.75) is 6.92 Å². The molecule has 0 aliphatic carbocycles. The van der Waals surface area contributed by atoms with Crippen LogP contribution in [0.4, 0.5) is 0 Å². The van der Waals surface area contributed by atoms with Gasteiger partial charge in [-0.3, -0.25) is 4.79 Å². The van der Waals surface area contributed by atoms with Gasteiger partial charge in [0.2, 0.25) is 5.24 Å². The van der Waals surface area contributed by atoms with E-state index in [0.717, 1.165) is 0 Å². The van der Waals surface area contributed by atoms with Crippen LogP contribution >= 0.6 is 11.6 Å². The van der Waals surface area contributed by atoms with Crippen LogP contribution in [0.5, 0.6) is 0 Å². The highest BCUT2D eigenvalue weighted by molar-refractivity contribution is 6.62. The lowest BCUT2D eigenvalue weighted by atomic mass is 10.9. The largest absolute Gasteiger partial charge is 0.321 e. The summed E-state index contributed by atoms with van der Waals surface area (Å²) < 4.78 is 24.0. The fraction of sp³-hybridized carbons (Fsp3) is 0.500.